The molecule has 0 amide bonds. The van der Waals surface area contributed by atoms with Gasteiger partial charge in [-0.25, -0.2) is 4.79 Å². The maximum absolute atomic E-state index is 12.2. The van der Waals surface area contributed by atoms with E-state index in [4.69, 9.17) is 4.74 Å². The predicted molar refractivity (Wildman–Crippen MR) is 106 cm³/mol. The van der Waals surface area contributed by atoms with E-state index < -0.39 is 28.1 Å². The van der Waals surface area contributed by atoms with Crippen molar-refractivity contribution in [1.29, 1.82) is 0 Å². The molecule has 1 fully saturated rings. The topological polar surface area (TPSA) is 145 Å². The predicted octanol–water partition coefficient (Wildman–Crippen LogP) is 2.56. The first-order chi connectivity index (χ1) is 13.7. The summed E-state index contributed by atoms with van der Waals surface area (Å²) in [6.07, 6.45) is -1.02. The molecule has 0 aromatic heterocycles. The molecular weight excluding hydrogens is 402 g/mol. The van der Waals surface area contributed by atoms with Crippen LogP contribution in [0.3, 0.4) is 0 Å². The van der Waals surface area contributed by atoms with Crippen LogP contribution >= 0.6 is 11.0 Å². The standard InChI is InChI=1S/C18H21N3O7S/c1-12-8-14(4-7-16(12)21(24)25)11-28-18(23)15-5-2-13(3-6-15)9-20-10-17(22)19-29(20,26)27/h2-8,17,19,22,26-27H,9-11H2,1H3. The molecule has 2 aromatic carbocycles. The minimum atomic E-state index is -3.21. The van der Waals surface area contributed by atoms with E-state index >= 15 is 0 Å². The van der Waals surface area contributed by atoms with E-state index in [2.05, 4.69) is 4.72 Å². The number of β-amino-alcohol motifs (C(OH)–C–C–N with tert-alkyl or cyclic N) is 1. The maximum Gasteiger partial charge on any atom is 0.338 e. The van der Waals surface area contributed by atoms with E-state index in [1.54, 1.807) is 43.3 Å². The first-order valence-electron chi connectivity index (χ1n) is 8.64. The fourth-order valence-electron chi connectivity index (χ4n) is 2.94. The van der Waals surface area contributed by atoms with Crippen molar-refractivity contribution in [1.82, 2.24) is 9.03 Å². The van der Waals surface area contributed by atoms with E-state index in [9.17, 15) is 29.1 Å². The summed E-state index contributed by atoms with van der Waals surface area (Å²) in [6, 6.07) is 11.0. The number of nitrogens with zero attached hydrogens (tertiary/aromatic N) is 2. The lowest BCUT2D eigenvalue weighted by Crippen LogP contribution is -2.25. The highest BCUT2D eigenvalue weighted by Crippen LogP contribution is 2.44. The Kier molecular flexibility index (Phi) is 6.17. The van der Waals surface area contributed by atoms with Gasteiger partial charge in [-0.2, -0.15) is 9.03 Å². The summed E-state index contributed by atoms with van der Waals surface area (Å²) < 4.78 is 28.6. The zero-order valence-corrected chi connectivity index (χ0v) is 16.3. The largest absolute Gasteiger partial charge is 0.457 e. The molecule has 0 radical (unpaired) electrons. The lowest BCUT2D eigenvalue weighted by atomic mass is 10.1. The number of aliphatic hydroxyl groups is 1. The maximum atomic E-state index is 12.2. The highest BCUT2D eigenvalue weighted by atomic mass is 32.3. The summed E-state index contributed by atoms with van der Waals surface area (Å²) in [5.41, 5.74) is 2.18. The van der Waals surface area contributed by atoms with Crippen molar-refractivity contribution in [2.24, 2.45) is 0 Å². The minimum absolute atomic E-state index is 0.00741. The first-order valence-corrected chi connectivity index (χ1v) is 10.1. The van der Waals surface area contributed by atoms with Crippen molar-refractivity contribution < 1.29 is 28.7 Å². The zero-order valence-electron chi connectivity index (χ0n) is 15.5. The van der Waals surface area contributed by atoms with Gasteiger partial charge in [-0.15, -0.1) is 0 Å². The summed E-state index contributed by atoms with van der Waals surface area (Å²) >= 11 is 0. The molecule has 0 bridgehead atoms. The highest BCUT2D eigenvalue weighted by molar-refractivity contribution is 8.20. The number of nitrogens with one attached hydrogen (secondary N) is 1. The molecule has 11 heteroatoms. The van der Waals surface area contributed by atoms with Crippen LogP contribution in [0, 0.1) is 17.0 Å². The van der Waals surface area contributed by atoms with Crippen molar-refractivity contribution in [3.8, 4) is 0 Å². The number of aryl methyl sites for hydroxylation is 1. The fraction of sp³-hybridized carbons (Fsp3) is 0.278. The Labute approximate surface area is 168 Å². The summed E-state index contributed by atoms with van der Waals surface area (Å²) in [4.78, 5) is 22.6. The number of rotatable bonds is 6. The Balaban J connectivity index is 1.58. The Morgan fingerprint density at radius 1 is 1.28 bits per heavy atom. The molecule has 0 aliphatic carbocycles. The second-order valence-corrected chi connectivity index (χ2v) is 8.42. The summed E-state index contributed by atoms with van der Waals surface area (Å²) in [6.45, 7) is 1.86. The molecular formula is C18H21N3O7S. The van der Waals surface area contributed by atoms with Gasteiger partial charge in [-0.05, 0) is 42.3 Å². The number of aliphatic hydroxyl groups excluding tert-OH is 1. The second-order valence-electron chi connectivity index (χ2n) is 6.63. The smallest absolute Gasteiger partial charge is 0.338 e. The normalized spacial score (nSPS) is 19.7. The molecule has 1 heterocycles. The molecule has 1 unspecified atom stereocenters. The molecule has 3 rings (SSSR count). The van der Waals surface area contributed by atoms with Crippen LogP contribution in [0.4, 0.5) is 5.69 Å². The number of benzene rings is 2. The molecule has 156 valence electrons. The van der Waals surface area contributed by atoms with Gasteiger partial charge in [0.05, 0.1) is 17.0 Å². The monoisotopic (exact) mass is 423 g/mol. The van der Waals surface area contributed by atoms with E-state index in [0.717, 1.165) is 5.56 Å². The van der Waals surface area contributed by atoms with Crippen molar-refractivity contribution in [3.63, 3.8) is 0 Å². The fourth-order valence-corrected chi connectivity index (χ4v) is 4.21. The molecule has 2 aromatic rings. The molecule has 0 saturated carbocycles. The van der Waals surface area contributed by atoms with Crippen LogP contribution in [-0.4, -0.2) is 42.2 Å². The molecule has 29 heavy (non-hydrogen) atoms. The van der Waals surface area contributed by atoms with E-state index in [-0.39, 0.29) is 25.4 Å². The summed E-state index contributed by atoms with van der Waals surface area (Å²) in [7, 11) is -3.21. The average Bonchev–Trinajstić information content (AvgIpc) is 2.91. The van der Waals surface area contributed by atoms with Gasteiger partial charge in [-0.1, -0.05) is 23.1 Å². The summed E-state index contributed by atoms with van der Waals surface area (Å²) in [5.74, 6) is -0.546. The number of esters is 1. The Morgan fingerprint density at radius 2 is 1.93 bits per heavy atom. The number of ether oxygens (including phenoxy) is 1. The van der Waals surface area contributed by atoms with Crippen LogP contribution in [0.1, 0.15) is 27.0 Å². The van der Waals surface area contributed by atoms with E-state index in [1.165, 1.54) is 10.4 Å². The van der Waals surface area contributed by atoms with Crippen LogP contribution in [0.2, 0.25) is 0 Å². The van der Waals surface area contributed by atoms with Gasteiger partial charge in [0.2, 0.25) is 0 Å². The van der Waals surface area contributed by atoms with Crippen LogP contribution in [0.15, 0.2) is 42.5 Å². The number of hydrogen-bond acceptors (Lipinski definition) is 9. The number of carbonyl (C=O) groups is 1. The van der Waals surface area contributed by atoms with E-state index in [0.29, 0.717) is 16.7 Å². The lowest BCUT2D eigenvalue weighted by molar-refractivity contribution is -0.385. The van der Waals surface area contributed by atoms with Gasteiger partial charge in [0.25, 0.3) is 5.69 Å². The van der Waals surface area contributed by atoms with Gasteiger partial charge in [0.1, 0.15) is 12.8 Å². The third-order valence-corrected chi connectivity index (χ3v) is 5.99. The third kappa shape index (κ3) is 5.09. The second kappa shape index (κ2) is 8.45. The lowest BCUT2D eigenvalue weighted by Gasteiger charge is -2.35. The number of hydrogen-bond donors (Lipinski definition) is 4. The van der Waals surface area contributed by atoms with Gasteiger partial charge < -0.3 is 9.84 Å². The van der Waals surface area contributed by atoms with Crippen LogP contribution in [0.25, 0.3) is 0 Å². The third-order valence-electron chi connectivity index (χ3n) is 4.41. The molecule has 1 aliphatic rings. The first kappa shape index (κ1) is 21.2. The SMILES string of the molecule is Cc1cc(COC(=O)c2ccc(CN3CC(O)NS3(O)O)cc2)ccc1[N+](=O)[O-]. The van der Waals surface area contributed by atoms with Gasteiger partial charge >= 0.3 is 5.97 Å². The van der Waals surface area contributed by atoms with Crippen LogP contribution in [0.5, 0.6) is 0 Å². The minimum Gasteiger partial charge on any atom is -0.457 e. The summed E-state index contributed by atoms with van der Waals surface area (Å²) in [5, 5.41) is 20.3. The molecule has 0 spiro atoms. The van der Waals surface area contributed by atoms with Gasteiger partial charge in [0, 0.05) is 18.2 Å². The van der Waals surface area contributed by atoms with Crippen molar-refractivity contribution >= 4 is 22.6 Å². The van der Waals surface area contributed by atoms with Crippen LogP contribution in [-0.2, 0) is 17.9 Å². The Morgan fingerprint density at radius 3 is 2.48 bits per heavy atom. The molecule has 1 saturated heterocycles. The van der Waals surface area contributed by atoms with Gasteiger partial charge in [-0.3, -0.25) is 19.2 Å². The highest BCUT2D eigenvalue weighted by Gasteiger charge is 2.34. The average molecular weight is 423 g/mol. The Bertz CT molecular complexity index is 920. The Hall–Kier alpha value is -2.54. The zero-order chi connectivity index (χ0) is 21.2. The van der Waals surface area contributed by atoms with Crippen molar-refractivity contribution in [2.75, 3.05) is 6.54 Å². The number of carbonyl (C=O) groups excluding carboxylic acids is 1. The number of nitro groups is 1. The molecule has 4 N–H and O–H groups in total. The number of nitro benzene ring substituents is 1. The quantitative estimate of drug-likeness (QED) is 0.313. The van der Waals surface area contributed by atoms with Gasteiger partial charge in [0.15, 0.2) is 0 Å². The van der Waals surface area contributed by atoms with E-state index in [1.807, 2.05) is 0 Å². The molecule has 1 aliphatic heterocycles. The van der Waals surface area contributed by atoms with Crippen molar-refractivity contribution in [3.05, 3.63) is 74.8 Å². The van der Waals surface area contributed by atoms with Crippen molar-refractivity contribution in [2.45, 2.75) is 26.3 Å². The molecule has 1 atom stereocenters. The molecule has 10 nitrogen and oxygen atoms in total. The van der Waals surface area contributed by atoms with Crippen LogP contribution < -0.4 is 4.72 Å².